The third kappa shape index (κ3) is 4.43. The lowest BCUT2D eigenvalue weighted by molar-refractivity contribution is 0.0949. The average molecular weight is 407 g/mol. The summed E-state index contributed by atoms with van der Waals surface area (Å²) in [5.41, 5.74) is 3.97. The first-order chi connectivity index (χ1) is 12.2. The Bertz CT molecular complexity index is 919. The van der Waals surface area contributed by atoms with E-state index in [0.717, 1.165) is 36.4 Å². The summed E-state index contributed by atoms with van der Waals surface area (Å²) in [6.07, 6.45) is 1.13. The molecule has 1 atom stereocenters. The summed E-state index contributed by atoms with van der Waals surface area (Å²) in [6.45, 7) is 2.46. The molecule has 0 aliphatic carbocycles. The first-order valence-electron chi connectivity index (χ1n) is 8.71. The van der Waals surface area contributed by atoms with E-state index in [1.54, 1.807) is 0 Å². The molecule has 5 nitrogen and oxygen atoms in total. The number of para-hydroxylation sites is 2. The van der Waals surface area contributed by atoms with Gasteiger partial charge in [0, 0.05) is 19.2 Å². The second-order valence-corrected chi connectivity index (χ2v) is 6.57. The van der Waals surface area contributed by atoms with Gasteiger partial charge in [0.15, 0.2) is 0 Å². The minimum atomic E-state index is -0.0557. The Morgan fingerprint density at radius 1 is 1.22 bits per heavy atom. The van der Waals surface area contributed by atoms with Crippen LogP contribution in [0, 0.1) is 0 Å². The van der Waals surface area contributed by atoms with Gasteiger partial charge in [0.1, 0.15) is 5.82 Å². The van der Waals surface area contributed by atoms with E-state index in [-0.39, 0.29) is 30.7 Å². The van der Waals surface area contributed by atoms with Crippen molar-refractivity contribution in [2.75, 3.05) is 13.1 Å². The third-order valence-electron chi connectivity index (χ3n) is 4.97. The predicted molar refractivity (Wildman–Crippen MR) is 113 cm³/mol. The van der Waals surface area contributed by atoms with Gasteiger partial charge >= 0.3 is 0 Å². The van der Waals surface area contributed by atoms with Crippen LogP contribution in [-0.2, 0) is 13.6 Å². The first-order valence-corrected chi connectivity index (χ1v) is 8.71. The van der Waals surface area contributed by atoms with E-state index in [0.29, 0.717) is 18.0 Å². The summed E-state index contributed by atoms with van der Waals surface area (Å²) >= 11 is 0. The molecule has 2 aromatic carbocycles. The van der Waals surface area contributed by atoms with Gasteiger partial charge in [-0.3, -0.25) is 4.79 Å². The lowest BCUT2D eigenvalue weighted by Gasteiger charge is -2.11. The highest BCUT2D eigenvalue weighted by Gasteiger charge is 2.18. The number of rotatable bonds is 4. The third-order valence-corrected chi connectivity index (χ3v) is 4.97. The van der Waals surface area contributed by atoms with Gasteiger partial charge in [0.2, 0.25) is 0 Å². The number of carbonyl (C=O) groups is 1. The molecule has 4 rings (SSSR count). The monoisotopic (exact) mass is 406 g/mol. The molecule has 1 aromatic heterocycles. The minimum Gasteiger partial charge on any atom is -0.345 e. The number of nitrogens with one attached hydrogen (secondary N) is 2. The van der Waals surface area contributed by atoms with Gasteiger partial charge in [-0.2, -0.15) is 0 Å². The predicted octanol–water partition coefficient (Wildman–Crippen LogP) is 3.42. The molecular formula is C20H24Cl2N4O. The van der Waals surface area contributed by atoms with Crippen molar-refractivity contribution in [2.24, 2.45) is 7.05 Å². The van der Waals surface area contributed by atoms with Crippen molar-refractivity contribution in [1.29, 1.82) is 0 Å². The van der Waals surface area contributed by atoms with E-state index >= 15 is 0 Å². The number of imidazole rings is 1. The molecule has 2 heterocycles. The topological polar surface area (TPSA) is 59.0 Å². The molecule has 1 unspecified atom stereocenters. The molecule has 1 saturated heterocycles. The number of aryl methyl sites for hydroxylation is 1. The van der Waals surface area contributed by atoms with Crippen LogP contribution in [-0.4, -0.2) is 28.5 Å². The Labute approximate surface area is 171 Å². The van der Waals surface area contributed by atoms with Crippen LogP contribution in [0.4, 0.5) is 0 Å². The first kappa shape index (κ1) is 21.2. The molecule has 2 N–H and O–H groups in total. The fraction of sp³-hybridized carbons (Fsp3) is 0.300. The van der Waals surface area contributed by atoms with Crippen molar-refractivity contribution >= 4 is 41.8 Å². The Balaban J connectivity index is 0.00000131. The van der Waals surface area contributed by atoms with E-state index in [1.807, 2.05) is 54.1 Å². The van der Waals surface area contributed by atoms with Crippen molar-refractivity contribution in [2.45, 2.75) is 18.9 Å². The van der Waals surface area contributed by atoms with Gasteiger partial charge < -0.3 is 15.2 Å². The molecule has 0 saturated carbocycles. The molecule has 3 aromatic rings. The van der Waals surface area contributed by atoms with E-state index < -0.39 is 0 Å². The number of hydrogen-bond donors (Lipinski definition) is 2. The number of fused-ring (bicyclic) bond motifs is 1. The van der Waals surface area contributed by atoms with Crippen LogP contribution in [0.15, 0.2) is 48.5 Å². The second kappa shape index (κ2) is 9.22. The molecule has 1 amide bonds. The van der Waals surface area contributed by atoms with E-state index in [1.165, 1.54) is 5.56 Å². The van der Waals surface area contributed by atoms with Crippen LogP contribution >= 0.6 is 24.8 Å². The molecule has 0 radical (unpaired) electrons. The number of carbonyl (C=O) groups excluding carboxylic acids is 1. The number of halogens is 2. The van der Waals surface area contributed by atoms with E-state index in [4.69, 9.17) is 0 Å². The summed E-state index contributed by atoms with van der Waals surface area (Å²) < 4.78 is 2.02. The summed E-state index contributed by atoms with van der Waals surface area (Å²) in [7, 11) is 1.98. The van der Waals surface area contributed by atoms with Crippen molar-refractivity contribution in [3.8, 4) is 0 Å². The van der Waals surface area contributed by atoms with Crippen LogP contribution in [0.3, 0.4) is 0 Å². The summed E-state index contributed by atoms with van der Waals surface area (Å²) in [4.78, 5) is 17.1. The van der Waals surface area contributed by atoms with Gasteiger partial charge in [-0.05, 0) is 48.7 Å². The zero-order chi connectivity index (χ0) is 17.2. The Kier molecular flexibility index (Phi) is 7.25. The van der Waals surface area contributed by atoms with Crippen LogP contribution < -0.4 is 10.6 Å². The molecule has 0 spiro atoms. The summed E-state index contributed by atoms with van der Waals surface area (Å²) in [6, 6.07) is 16.0. The average Bonchev–Trinajstić information content (AvgIpc) is 3.29. The number of aromatic nitrogens is 2. The van der Waals surface area contributed by atoms with Crippen molar-refractivity contribution in [3.05, 3.63) is 65.5 Å². The summed E-state index contributed by atoms with van der Waals surface area (Å²) in [5.74, 6) is 1.30. The standard InChI is InChI=1S/C20H22N4O.2ClH/c1-24-18-8-3-2-7-17(18)23-19(24)13-22-20(25)15-6-4-5-14(11-15)16-9-10-21-12-16;;/h2-8,11,16,21H,9-10,12-13H2,1H3,(H,22,25);2*1H. The van der Waals surface area contributed by atoms with Gasteiger partial charge in [-0.1, -0.05) is 24.3 Å². The molecule has 1 fully saturated rings. The van der Waals surface area contributed by atoms with Crippen molar-refractivity contribution in [3.63, 3.8) is 0 Å². The maximum absolute atomic E-state index is 12.5. The zero-order valence-electron chi connectivity index (χ0n) is 15.1. The summed E-state index contributed by atoms with van der Waals surface area (Å²) in [5, 5.41) is 6.37. The van der Waals surface area contributed by atoms with Crippen LogP contribution in [0.1, 0.15) is 34.1 Å². The molecule has 144 valence electrons. The highest BCUT2D eigenvalue weighted by molar-refractivity contribution is 5.94. The largest absolute Gasteiger partial charge is 0.345 e. The lowest BCUT2D eigenvalue weighted by Crippen LogP contribution is -2.24. The van der Waals surface area contributed by atoms with Crippen molar-refractivity contribution < 1.29 is 4.79 Å². The fourth-order valence-corrected chi connectivity index (χ4v) is 3.49. The highest BCUT2D eigenvalue weighted by atomic mass is 35.5. The van der Waals surface area contributed by atoms with Gasteiger partial charge in [0.25, 0.3) is 5.91 Å². The lowest BCUT2D eigenvalue weighted by atomic mass is 9.96. The van der Waals surface area contributed by atoms with Gasteiger partial charge in [-0.15, -0.1) is 24.8 Å². The van der Waals surface area contributed by atoms with E-state index in [2.05, 4.69) is 21.7 Å². The van der Waals surface area contributed by atoms with Gasteiger partial charge in [-0.25, -0.2) is 4.98 Å². The number of amides is 1. The Morgan fingerprint density at radius 2 is 2.04 bits per heavy atom. The normalized spacial score (nSPS) is 15.8. The highest BCUT2D eigenvalue weighted by Crippen LogP contribution is 2.23. The molecule has 27 heavy (non-hydrogen) atoms. The zero-order valence-corrected chi connectivity index (χ0v) is 16.8. The fourth-order valence-electron chi connectivity index (χ4n) is 3.49. The second-order valence-electron chi connectivity index (χ2n) is 6.57. The van der Waals surface area contributed by atoms with E-state index in [9.17, 15) is 4.79 Å². The molecule has 1 aliphatic heterocycles. The maximum atomic E-state index is 12.5. The Morgan fingerprint density at radius 3 is 2.78 bits per heavy atom. The molecule has 7 heteroatoms. The minimum absolute atomic E-state index is 0. The number of benzene rings is 2. The number of nitrogens with zero attached hydrogens (tertiary/aromatic N) is 2. The van der Waals surface area contributed by atoms with Gasteiger partial charge in [0.05, 0.1) is 17.6 Å². The SMILES string of the molecule is Cl.Cl.Cn1c(CNC(=O)c2cccc(C3CCNC3)c2)nc2ccccc21. The Hall–Kier alpha value is -2.08. The van der Waals surface area contributed by atoms with Crippen LogP contribution in [0.2, 0.25) is 0 Å². The van der Waals surface area contributed by atoms with Crippen molar-refractivity contribution in [1.82, 2.24) is 20.2 Å². The smallest absolute Gasteiger partial charge is 0.251 e. The molecular weight excluding hydrogens is 383 g/mol. The van der Waals surface area contributed by atoms with Crippen LogP contribution in [0.5, 0.6) is 0 Å². The van der Waals surface area contributed by atoms with Crippen LogP contribution in [0.25, 0.3) is 11.0 Å². The molecule has 0 bridgehead atoms. The number of hydrogen-bond acceptors (Lipinski definition) is 3. The quantitative estimate of drug-likeness (QED) is 0.697. The molecule has 1 aliphatic rings. The maximum Gasteiger partial charge on any atom is 0.251 e.